The van der Waals surface area contributed by atoms with E-state index < -0.39 is 0 Å². The number of methoxy groups -OCH3 is 2. The summed E-state index contributed by atoms with van der Waals surface area (Å²) in [5.41, 5.74) is 4.39. The van der Waals surface area contributed by atoms with Crippen LogP contribution in [0.2, 0.25) is 0 Å². The zero-order valence-corrected chi connectivity index (χ0v) is 23.3. The fraction of sp³-hybridized carbons (Fsp3) is 0.400. The molecule has 0 aliphatic heterocycles. The van der Waals surface area contributed by atoms with Gasteiger partial charge in [0.2, 0.25) is 0 Å². The maximum atomic E-state index is 5.92. The van der Waals surface area contributed by atoms with Crippen molar-refractivity contribution < 1.29 is 9.47 Å². The molecule has 1 fully saturated rings. The van der Waals surface area contributed by atoms with E-state index in [2.05, 4.69) is 87.2 Å². The lowest BCUT2D eigenvalue weighted by molar-refractivity contribution is 0.111. The molecular weight excluding hydrogens is 552 g/mol. The fourth-order valence-electron chi connectivity index (χ4n) is 6.27. The molecule has 0 amide bonds. The van der Waals surface area contributed by atoms with Gasteiger partial charge in [0.15, 0.2) is 5.76 Å². The van der Waals surface area contributed by atoms with Crippen LogP contribution in [0.4, 0.5) is 0 Å². The normalized spacial score (nSPS) is 26.4. The number of hydrogen-bond donors (Lipinski definition) is 0. The van der Waals surface area contributed by atoms with Crippen LogP contribution in [0.5, 0.6) is 5.75 Å². The quantitative estimate of drug-likeness (QED) is 0.185. The average molecular weight is 584 g/mol. The maximum absolute atomic E-state index is 5.92. The van der Waals surface area contributed by atoms with Crippen molar-refractivity contribution in [2.24, 2.45) is 11.8 Å². The van der Waals surface area contributed by atoms with Crippen LogP contribution in [0.3, 0.4) is 0 Å². The molecule has 4 rings (SSSR count). The Morgan fingerprint density at radius 3 is 2.59 bits per heavy atom. The highest BCUT2D eigenvalue weighted by atomic mass is 79.9. The minimum absolute atomic E-state index is 0.0787. The van der Waals surface area contributed by atoms with E-state index in [0.29, 0.717) is 23.5 Å². The number of ether oxygens (including phenoxy) is 2. The van der Waals surface area contributed by atoms with E-state index >= 15 is 0 Å². The number of terminal acetylenes is 1. The molecule has 2 aliphatic carbocycles. The minimum Gasteiger partial charge on any atom is -0.496 e. The van der Waals surface area contributed by atoms with Gasteiger partial charge in [-0.1, -0.05) is 69.1 Å². The molecule has 0 heterocycles. The van der Waals surface area contributed by atoms with Crippen molar-refractivity contribution in [3.05, 3.63) is 86.0 Å². The number of halogens is 2. The number of fused-ring (bicyclic) bond motifs is 3. The van der Waals surface area contributed by atoms with Crippen molar-refractivity contribution in [2.45, 2.75) is 50.4 Å². The van der Waals surface area contributed by atoms with Crippen molar-refractivity contribution in [2.75, 3.05) is 14.2 Å². The van der Waals surface area contributed by atoms with Crippen LogP contribution in [0.15, 0.2) is 69.3 Å². The number of hydrogen-bond acceptors (Lipinski definition) is 2. The maximum Gasteiger partial charge on any atom is 0.169 e. The van der Waals surface area contributed by atoms with E-state index in [4.69, 9.17) is 15.9 Å². The lowest BCUT2D eigenvalue weighted by Gasteiger charge is -2.48. The van der Waals surface area contributed by atoms with Gasteiger partial charge in [-0.3, -0.25) is 0 Å². The first-order valence-corrected chi connectivity index (χ1v) is 13.5. The summed E-state index contributed by atoms with van der Waals surface area (Å²) in [6.45, 7) is 2.49. The van der Waals surface area contributed by atoms with Gasteiger partial charge >= 0.3 is 0 Å². The SMILES string of the molecule is C#C/C(=C\C=C(\Br)CC[C@@H]1CC(c2ccccc2)CC2Cc3c(Br)ccc(OC)c3[C@]21C)OC. The Bertz CT molecular complexity index is 1130. The Kier molecular flexibility index (Phi) is 7.95. The largest absolute Gasteiger partial charge is 0.496 e. The molecule has 2 aliphatic rings. The highest BCUT2D eigenvalue weighted by molar-refractivity contribution is 9.11. The molecule has 2 nitrogen and oxygen atoms in total. The molecule has 2 unspecified atom stereocenters. The summed E-state index contributed by atoms with van der Waals surface area (Å²) >= 11 is 7.63. The van der Waals surface area contributed by atoms with Crippen LogP contribution in [-0.4, -0.2) is 14.2 Å². The molecule has 4 heteroatoms. The molecule has 0 spiro atoms. The summed E-state index contributed by atoms with van der Waals surface area (Å²) in [6.07, 6.45) is 14.9. The van der Waals surface area contributed by atoms with E-state index in [1.54, 1.807) is 14.2 Å². The topological polar surface area (TPSA) is 18.5 Å². The molecular formula is C30H32Br2O2. The van der Waals surface area contributed by atoms with Crippen LogP contribution in [-0.2, 0) is 16.6 Å². The van der Waals surface area contributed by atoms with E-state index in [0.717, 1.165) is 29.5 Å². The van der Waals surface area contributed by atoms with E-state index in [1.165, 1.54) is 34.0 Å². The molecule has 0 N–H and O–H groups in total. The summed E-state index contributed by atoms with van der Waals surface area (Å²) in [7, 11) is 3.40. The third-order valence-corrected chi connectivity index (χ3v) is 9.44. The molecule has 1 saturated carbocycles. The van der Waals surface area contributed by atoms with Crippen LogP contribution in [0.25, 0.3) is 0 Å². The van der Waals surface area contributed by atoms with Crippen LogP contribution in [0, 0.1) is 24.2 Å². The minimum atomic E-state index is 0.0787. The molecule has 0 aromatic heterocycles. The lowest BCUT2D eigenvalue weighted by atomic mass is 9.56. The second-order valence-electron chi connectivity index (χ2n) is 9.59. The van der Waals surface area contributed by atoms with Gasteiger partial charge in [0, 0.05) is 15.5 Å². The predicted octanol–water partition coefficient (Wildman–Crippen LogP) is 8.30. The van der Waals surface area contributed by atoms with Crippen molar-refractivity contribution in [3.63, 3.8) is 0 Å². The van der Waals surface area contributed by atoms with Gasteiger partial charge in [0.05, 0.1) is 14.2 Å². The smallest absolute Gasteiger partial charge is 0.169 e. The van der Waals surface area contributed by atoms with Crippen molar-refractivity contribution in [3.8, 4) is 18.1 Å². The zero-order valence-electron chi connectivity index (χ0n) is 20.1. The monoisotopic (exact) mass is 582 g/mol. The van der Waals surface area contributed by atoms with Gasteiger partial charge < -0.3 is 9.47 Å². The summed E-state index contributed by atoms with van der Waals surface area (Å²) in [6, 6.07) is 15.3. The van der Waals surface area contributed by atoms with E-state index in [1.807, 2.05) is 12.2 Å². The van der Waals surface area contributed by atoms with Crippen LogP contribution >= 0.6 is 31.9 Å². The first-order chi connectivity index (χ1) is 16.4. The summed E-state index contributed by atoms with van der Waals surface area (Å²) in [5.74, 6) is 5.81. The first kappa shape index (κ1) is 25.1. The second kappa shape index (κ2) is 10.8. The molecule has 178 valence electrons. The van der Waals surface area contributed by atoms with Crippen LogP contribution in [0.1, 0.15) is 55.2 Å². The van der Waals surface area contributed by atoms with Crippen LogP contribution < -0.4 is 4.74 Å². The Balaban J connectivity index is 1.69. The lowest BCUT2D eigenvalue weighted by Crippen LogP contribution is -2.42. The van der Waals surface area contributed by atoms with Crippen molar-refractivity contribution >= 4 is 31.9 Å². The first-order valence-electron chi connectivity index (χ1n) is 11.9. The molecule has 0 bridgehead atoms. The van der Waals surface area contributed by atoms with E-state index in [-0.39, 0.29) is 5.41 Å². The van der Waals surface area contributed by atoms with Gasteiger partial charge in [-0.05, 0) is 95.7 Å². The molecule has 0 radical (unpaired) electrons. The molecule has 4 atom stereocenters. The Labute approximate surface area is 221 Å². The number of rotatable bonds is 7. The highest BCUT2D eigenvalue weighted by Gasteiger charge is 2.53. The molecule has 2 aromatic carbocycles. The zero-order chi connectivity index (χ0) is 24.3. The summed E-state index contributed by atoms with van der Waals surface area (Å²) in [4.78, 5) is 0. The number of benzene rings is 2. The molecule has 34 heavy (non-hydrogen) atoms. The second-order valence-corrected chi connectivity index (χ2v) is 11.5. The van der Waals surface area contributed by atoms with Gasteiger partial charge in [-0.2, -0.15) is 0 Å². The van der Waals surface area contributed by atoms with Gasteiger partial charge in [0.1, 0.15) is 5.75 Å². The highest BCUT2D eigenvalue weighted by Crippen LogP contribution is 2.61. The predicted molar refractivity (Wildman–Crippen MR) is 147 cm³/mol. The third-order valence-electron chi connectivity index (χ3n) is 8.04. The van der Waals surface area contributed by atoms with Gasteiger partial charge in [0.25, 0.3) is 0 Å². The van der Waals surface area contributed by atoms with E-state index in [9.17, 15) is 0 Å². The standard InChI is InChI=1S/C30H32Br2O2/c1-5-25(33-3)14-13-24(31)12-11-22-17-21(20-9-7-6-8-10-20)18-23-19-26-27(32)15-16-28(34-4)29(26)30(22,23)2/h1,6-10,13-16,21-23H,11-12,17-19H2,2-4H3/b24-13+,25-14+/t21?,22-,23?,30+/m1/s1. The summed E-state index contributed by atoms with van der Waals surface area (Å²) in [5, 5.41) is 0. The summed E-state index contributed by atoms with van der Waals surface area (Å²) < 4.78 is 13.5. The Morgan fingerprint density at radius 1 is 1.15 bits per heavy atom. The Hall–Kier alpha value is -1.96. The van der Waals surface area contributed by atoms with Crippen molar-refractivity contribution in [1.82, 2.24) is 0 Å². The molecule has 2 aromatic rings. The fourth-order valence-corrected chi connectivity index (χ4v) is 7.12. The van der Waals surface area contributed by atoms with Gasteiger partial charge in [-0.25, -0.2) is 0 Å². The molecule has 0 saturated heterocycles. The van der Waals surface area contributed by atoms with Crippen molar-refractivity contribution in [1.29, 1.82) is 0 Å². The average Bonchev–Trinajstić information content (AvgIpc) is 3.18. The van der Waals surface area contributed by atoms with Gasteiger partial charge in [-0.15, -0.1) is 6.42 Å². The number of allylic oxidation sites excluding steroid dienone is 4. The third kappa shape index (κ3) is 4.75. The Morgan fingerprint density at radius 2 is 1.91 bits per heavy atom.